The number of carbonyl (C=O) groups excluding carboxylic acids is 1. The lowest BCUT2D eigenvalue weighted by molar-refractivity contribution is 0.0724. The molecule has 3 rings (SSSR count). The number of benzene rings is 1. The molecule has 1 aromatic rings. The summed E-state index contributed by atoms with van der Waals surface area (Å²) in [7, 11) is 1.05. The molecule has 1 heterocycles. The van der Waals surface area contributed by atoms with E-state index in [0.29, 0.717) is 17.8 Å². The number of hydrogen-bond acceptors (Lipinski definition) is 3. The number of aliphatic imine (C=N–C) groups is 1. The summed E-state index contributed by atoms with van der Waals surface area (Å²) < 4.78 is 12.2. The predicted molar refractivity (Wildman–Crippen MR) is 124 cm³/mol. The summed E-state index contributed by atoms with van der Waals surface area (Å²) in [6.45, 7) is 4.39. The average Bonchev–Trinajstić information content (AvgIpc) is 2.81. The minimum absolute atomic E-state index is 0.142. The normalized spacial score (nSPS) is 23.7. The van der Waals surface area contributed by atoms with Gasteiger partial charge in [0, 0.05) is 60.1 Å². The minimum Gasteiger partial charge on any atom is -0.354 e. The van der Waals surface area contributed by atoms with E-state index in [2.05, 4.69) is 15.6 Å². The molecule has 0 aromatic heterocycles. The first kappa shape index (κ1) is 22.8. The highest BCUT2D eigenvalue weighted by molar-refractivity contribution is 7.85. The largest absolute Gasteiger partial charge is 0.354 e. The van der Waals surface area contributed by atoms with E-state index in [0.717, 1.165) is 74.5 Å². The fourth-order valence-electron chi connectivity index (χ4n) is 4.37. The van der Waals surface area contributed by atoms with Gasteiger partial charge in [-0.2, -0.15) is 0 Å². The van der Waals surface area contributed by atoms with Crippen molar-refractivity contribution in [2.75, 3.05) is 25.9 Å². The first-order chi connectivity index (χ1) is 14.6. The number of nitrogens with zero attached hydrogens (tertiary/aromatic N) is 2. The number of carbonyl (C=O) groups is 1. The van der Waals surface area contributed by atoms with Crippen LogP contribution in [0.4, 0.5) is 0 Å². The fourth-order valence-corrected chi connectivity index (χ4v) is 5.72. The molecule has 30 heavy (non-hydrogen) atoms. The standard InChI is InChI=1S/C23H36N4O2S/c1-3-30(29)21-9-7-8-20(16-21)26-23(24-2)25-17-18-10-12-19(13-11-18)22(28)27-14-5-4-6-15-27/h10-13,20-21H,3-9,14-17H2,1-2H3,(H2,24,25,26). The summed E-state index contributed by atoms with van der Waals surface area (Å²) in [5, 5.41) is 7.17. The van der Waals surface area contributed by atoms with E-state index in [-0.39, 0.29) is 5.91 Å². The molecular weight excluding hydrogens is 396 g/mol. The summed E-state index contributed by atoms with van der Waals surface area (Å²) in [6, 6.07) is 8.19. The summed E-state index contributed by atoms with van der Waals surface area (Å²) in [5.74, 6) is 1.65. The smallest absolute Gasteiger partial charge is 0.253 e. The van der Waals surface area contributed by atoms with Gasteiger partial charge in [-0.3, -0.25) is 14.0 Å². The van der Waals surface area contributed by atoms with Gasteiger partial charge in [0.1, 0.15) is 0 Å². The van der Waals surface area contributed by atoms with Crippen LogP contribution in [0, 0.1) is 0 Å². The number of likely N-dealkylation sites (tertiary alicyclic amines) is 1. The van der Waals surface area contributed by atoms with E-state index in [1.807, 2.05) is 36.1 Å². The molecular formula is C23H36N4O2S. The zero-order chi connectivity index (χ0) is 21.3. The highest BCUT2D eigenvalue weighted by atomic mass is 32.2. The van der Waals surface area contributed by atoms with Crippen LogP contribution in [-0.2, 0) is 17.3 Å². The van der Waals surface area contributed by atoms with Gasteiger partial charge in [-0.1, -0.05) is 25.5 Å². The molecule has 0 bridgehead atoms. The zero-order valence-corrected chi connectivity index (χ0v) is 19.2. The number of nitrogens with one attached hydrogen (secondary N) is 2. The van der Waals surface area contributed by atoms with Crippen LogP contribution >= 0.6 is 0 Å². The molecule has 1 aliphatic heterocycles. The topological polar surface area (TPSA) is 73.8 Å². The van der Waals surface area contributed by atoms with Gasteiger partial charge in [0.05, 0.1) is 0 Å². The van der Waals surface area contributed by atoms with Gasteiger partial charge in [-0.05, 0) is 56.2 Å². The van der Waals surface area contributed by atoms with Gasteiger partial charge in [-0.25, -0.2) is 0 Å². The second-order valence-electron chi connectivity index (χ2n) is 8.27. The van der Waals surface area contributed by atoms with Crippen molar-refractivity contribution in [2.45, 2.75) is 69.7 Å². The molecule has 1 aliphatic carbocycles. The van der Waals surface area contributed by atoms with Crippen LogP contribution in [0.1, 0.15) is 67.8 Å². The van der Waals surface area contributed by atoms with E-state index in [1.54, 1.807) is 7.05 Å². The number of guanidine groups is 1. The molecule has 3 unspecified atom stereocenters. The summed E-state index contributed by atoms with van der Waals surface area (Å²) in [4.78, 5) is 18.9. The Hall–Kier alpha value is -1.89. The van der Waals surface area contributed by atoms with Crippen LogP contribution in [0.5, 0.6) is 0 Å². The Labute approximate surface area is 183 Å². The lowest BCUT2D eigenvalue weighted by Crippen LogP contribution is -2.46. The van der Waals surface area contributed by atoms with Crippen molar-refractivity contribution in [3.63, 3.8) is 0 Å². The maximum absolute atomic E-state index is 12.6. The summed E-state index contributed by atoms with van der Waals surface area (Å²) in [5.41, 5.74) is 1.88. The highest BCUT2D eigenvalue weighted by Gasteiger charge is 2.26. The first-order valence-corrected chi connectivity index (χ1v) is 12.7. The van der Waals surface area contributed by atoms with E-state index in [1.165, 1.54) is 6.42 Å². The maximum atomic E-state index is 12.6. The van der Waals surface area contributed by atoms with Crippen molar-refractivity contribution in [2.24, 2.45) is 4.99 Å². The molecule has 6 nitrogen and oxygen atoms in total. The van der Waals surface area contributed by atoms with Crippen LogP contribution in [0.25, 0.3) is 0 Å². The van der Waals surface area contributed by atoms with Gasteiger partial charge in [0.15, 0.2) is 5.96 Å². The number of amides is 1. The molecule has 2 aliphatic rings. The molecule has 7 heteroatoms. The summed E-state index contributed by atoms with van der Waals surface area (Å²) >= 11 is 0. The third-order valence-corrected chi connectivity index (χ3v) is 7.89. The van der Waals surface area contributed by atoms with Crippen LogP contribution in [-0.4, -0.2) is 58.2 Å². The molecule has 166 valence electrons. The van der Waals surface area contributed by atoms with Crippen LogP contribution in [0.15, 0.2) is 29.3 Å². The molecule has 0 spiro atoms. The molecule has 1 saturated heterocycles. The molecule has 1 saturated carbocycles. The van der Waals surface area contributed by atoms with Crippen molar-refractivity contribution in [3.8, 4) is 0 Å². The number of piperidine rings is 1. The Morgan fingerprint density at radius 1 is 1.13 bits per heavy atom. The Morgan fingerprint density at radius 3 is 2.53 bits per heavy atom. The van der Waals surface area contributed by atoms with E-state index in [9.17, 15) is 9.00 Å². The quantitative estimate of drug-likeness (QED) is 0.535. The van der Waals surface area contributed by atoms with Crippen LogP contribution < -0.4 is 10.6 Å². The van der Waals surface area contributed by atoms with Gasteiger partial charge < -0.3 is 15.5 Å². The van der Waals surface area contributed by atoms with Crippen LogP contribution in [0.3, 0.4) is 0 Å². The number of hydrogen-bond donors (Lipinski definition) is 2. The van der Waals surface area contributed by atoms with Gasteiger partial charge in [0.25, 0.3) is 5.91 Å². The Morgan fingerprint density at radius 2 is 1.87 bits per heavy atom. The lowest BCUT2D eigenvalue weighted by Gasteiger charge is -2.30. The fraction of sp³-hybridized carbons (Fsp3) is 0.652. The minimum atomic E-state index is -0.724. The monoisotopic (exact) mass is 432 g/mol. The zero-order valence-electron chi connectivity index (χ0n) is 18.4. The molecule has 3 atom stereocenters. The lowest BCUT2D eigenvalue weighted by atomic mass is 9.95. The molecule has 2 N–H and O–H groups in total. The van der Waals surface area contributed by atoms with Gasteiger partial charge >= 0.3 is 0 Å². The molecule has 2 fully saturated rings. The summed E-state index contributed by atoms with van der Waals surface area (Å²) in [6.07, 6.45) is 7.64. The van der Waals surface area contributed by atoms with Crippen molar-refractivity contribution in [1.82, 2.24) is 15.5 Å². The molecule has 1 amide bonds. The second kappa shape index (κ2) is 11.5. The molecule has 0 radical (unpaired) electrons. The van der Waals surface area contributed by atoms with E-state index in [4.69, 9.17) is 0 Å². The third-order valence-electron chi connectivity index (χ3n) is 6.15. The predicted octanol–water partition coefficient (Wildman–Crippen LogP) is 3.06. The SMILES string of the molecule is CCS(=O)C1CCCC(NC(=NC)NCc2ccc(C(=O)N3CCCCC3)cc2)C1. The highest BCUT2D eigenvalue weighted by Crippen LogP contribution is 2.23. The Bertz CT molecular complexity index is 744. The Kier molecular flexibility index (Phi) is 8.73. The van der Waals surface area contributed by atoms with E-state index >= 15 is 0 Å². The maximum Gasteiger partial charge on any atom is 0.253 e. The third kappa shape index (κ3) is 6.30. The van der Waals surface area contributed by atoms with Crippen molar-refractivity contribution >= 4 is 22.7 Å². The van der Waals surface area contributed by atoms with Gasteiger partial charge in [-0.15, -0.1) is 0 Å². The Balaban J connectivity index is 1.49. The van der Waals surface area contributed by atoms with Crippen LogP contribution in [0.2, 0.25) is 0 Å². The second-order valence-corrected chi connectivity index (χ2v) is 10.3. The van der Waals surface area contributed by atoms with Gasteiger partial charge in [0.2, 0.25) is 0 Å². The van der Waals surface area contributed by atoms with E-state index < -0.39 is 10.8 Å². The first-order valence-electron chi connectivity index (χ1n) is 11.3. The van der Waals surface area contributed by atoms with Crippen molar-refractivity contribution < 1.29 is 9.00 Å². The molecule has 1 aromatic carbocycles. The average molecular weight is 433 g/mol. The van der Waals surface area contributed by atoms with Crippen molar-refractivity contribution in [3.05, 3.63) is 35.4 Å². The number of rotatable bonds is 6. The van der Waals surface area contributed by atoms with Crippen molar-refractivity contribution in [1.29, 1.82) is 0 Å².